The summed E-state index contributed by atoms with van der Waals surface area (Å²) < 4.78 is 1.77. The Morgan fingerprint density at radius 1 is 1.47 bits per heavy atom. The molecule has 0 radical (unpaired) electrons. The summed E-state index contributed by atoms with van der Waals surface area (Å²) in [5.74, 6) is 0.800. The second-order valence-electron chi connectivity index (χ2n) is 3.69. The van der Waals surface area contributed by atoms with E-state index in [-0.39, 0.29) is 5.82 Å². The second-order valence-corrected chi connectivity index (χ2v) is 4.07. The molecule has 0 atom stereocenters. The van der Waals surface area contributed by atoms with E-state index >= 15 is 0 Å². The zero-order chi connectivity index (χ0) is 12.4. The number of nitrogens with zero attached hydrogens (tertiary/aromatic N) is 4. The van der Waals surface area contributed by atoms with Crippen molar-refractivity contribution >= 4 is 23.2 Å². The molecule has 17 heavy (non-hydrogen) atoms. The number of aromatic nitrogens is 4. The minimum absolute atomic E-state index is 0.270. The van der Waals surface area contributed by atoms with Crippen molar-refractivity contribution in [3.05, 3.63) is 28.8 Å². The van der Waals surface area contributed by atoms with Crippen LogP contribution in [0.25, 0.3) is 0 Å². The van der Waals surface area contributed by atoms with Crippen LogP contribution in [0.15, 0.2) is 12.5 Å². The van der Waals surface area contributed by atoms with Gasteiger partial charge in [0.25, 0.3) is 0 Å². The van der Waals surface area contributed by atoms with Crippen LogP contribution in [0.2, 0.25) is 5.02 Å². The van der Waals surface area contributed by atoms with E-state index in [9.17, 15) is 0 Å². The highest BCUT2D eigenvalue weighted by Crippen LogP contribution is 2.23. The number of hydrogen-bond acceptors (Lipinski definition) is 5. The number of rotatable bonds is 3. The summed E-state index contributed by atoms with van der Waals surface area (Å²) in [6, 6.07) is 0. The predicted octanol–water partition coefficient (Wildman–Crippen LogP) is 1.37. The average Bonchev–Trinajstić information content (AvgIpc) is 2.60. The summed E-state index contributed by atoms with van der Waals surface area (Å²) in [5.41, 5.74) is 7.64. The van der Waals surface area contributed by atoms with E-state index in [1.165, 1.54) is 6.33 Å². The van der Waals surface area contributed by atoms with Crippen LogP contribution in [-0.2, 0) is 13.6 Å². The fourth-order valence-corrected chi connectivity index (χ4v) is 1.67. The zero-order valence-electron chi connectivity index (χ0n) is 9.61. The smallest absolute Gasteiger partial charge is 0.150 e. The Hall–Kier alpha value is -1.82. The molecule has 0 unspecified atom stereocenters. The Bertz CT molecular complexity index is 536. The quantitative estimate of drug-likeness (QED) is 0.862. The Labute approximate surface area is 104 Å². The molecule has 0 bridgehead atoms. The molecular formula is C10H13ClN6. The maximum Gasteiger partial charge on any atom is 0.150 e. The zero-order valence-corrected chi connectivity index (χ0v) is 10.4. The van der Waals surface area contributed by atoms with Crippen molar-refractivity contribution in [1.82, 2.24) is 19.7 Å². The van der Waals surface area contributed by atoms with E-state index < -0.39 is 0 Å². The van der Waals surface area contributed by atoms with Crippen molar-refractivity contribution in [2.24, 2.45) is 7.05 Å². The van der Waals surface area contributed by atoms with Crippen molar-refractivity contribution in [2.45, 2.75) is 13.5 Å². The number of halogens is 1. The van der Waals surface area contributed by atoms with Crippen LogP contribution >= 0.6 is 11.6 Å². The molecule has 6 nitrogen and oxygen atoms in total. The molecule has 2 aromatic heterocycles. The molecule has 2 rings (SSSR count). The first-order valence-corrected chi connectivity index (χ1v) is 5.44. The minimum Gasteiger partial charge on any atom is -0.382 e. The summed E-state index contributed by atoms with van der Waals surface area (Å²) in [6.07, 6.45) is 3.32. The van der Waals surface area contributed by atoms with Crippen LogP contribution in [0.3, 0.4) is 0 Å². The van der Waals surface area contributed by atoms with Gasteiger partial charge in [-0.3, -0.25) is 4.68 Å². The first-order chi connectivity index (χ1) is 8.08. The normalized spacial score (nSPS) is 10.5. The molecule has 90 valence electrons. The van der Waals surface area contributed by atoms with Crippen molar-refractivity contribution in [3.63, 3.8) is 0 Å². The van der Waals surface area contributed by atoms with Gasteiger partial charge in [0.2, 0.25) is 0 Å². The molecule has 0 aromatic carbocycles. The molecule has 3 N–H and O–H groups in total. The van der Waals surface area contributed by atoms with Gasteiger partial charge in [0.05, 0.1) is 5.69 Å². The predicted molar refractivity (Wildman–Crippen MR) is 66.7 cm³/mol. The lowest BCUT2D eigenvalue weighted by Gasteiger charge is -2.07. The summed E-state index contributed by atoms with van der Waals surface area (Å²) >= 11 is 5.97. The van der Waals surface area contributed by atoms with Crippen LogP contribution in [0.1, 0.15) is 11.3 Å². The Morgan fingerprint density at radius 2 is 2.24 bits per heavy atom. The molecule has 0 saturated heterocycles. The van der Waals surface area contributed by atoms with Crippen LogP contribution in [0.4, 0.5) is 11.6 Å². The largest absolute Gasteiger partial charge is 0.382 e. The van der Waals surface area contributed by atoms with Gasteiger partial charge in [0.1, 0.15) is 17.2 Å². The fraction of sp³-hybridized carbons (Fsp3) is 0.300. The maximum absolute atomic E-state index is 5.97. The van der Waals surface area contributed by atoms with E-state index in [4.69, 9.17) is 17.3 Å². The molecule has 0 fully saturated rings. The molecular weight excluding hydrogens is 240 g/mol. The van der Waals surface area contributed by atoms with Crippen LogP contribution in [0.5, 0.6) is 0 Å². The Kier molecular flexibility index (Phi) is 3.14. The highest BCUT2D eigenvalue weighted by atomic mass is 35.5. The third-order valence-corrected chi connectivity index (χ3v) is 2.75. The molecule has 0 aliphatic carbocycles. The van der Waals surface area contributed by atoms with Crippen molar-refractivity contribution < 1.29 is 0 Å². The fourth-order valence-electron chi connectivity index (χ4n) is 1.51. The third-order valence-electron chi connectivity index (χ3n) is 2.38. The number of anilines is 2. The topological polar surface area (TPSA) is 81.7 Å². The highest BCUT2D eigenvalue weighted by Gasteiger charge is 2.07. The summed E-state index contributed by atoms with van der Waals surface area (Å²) in [6.45, 7) is 2.54. The van der Waals surface area contributed by atoms with Crippen molar-refractivity contribution in [3.8, 4) is 0 Å². The summed E-state index contributed by atoms with van der Waals surface area (Å²) in [7, 11) is 1.88. The Morgan fingerprint density at radius 3 is 2.88 bits per heavy atom. The van der Waals surface area contributed by atoms with Gasteiger partial charge in [0, 0.05) is 25.4 Å². The molecule has 0 saturated carbocycles. The summed E-state index contributed by atoms with van der Waals surface area (Å²) in [4.78, 5) is 7.82. The molecule has 2 heterocycles. The van der Waals surface area contributed by atoms with Crippen LogP contribution in [0, 0.1) is 6.92 Å². The van der Waals surface area contributed by atoms with Crippen LogP contribution in [-0.4, -0.2) is 19.7 Å². The molecule has 0 aliphatic heterocycles. The lowest BCUT2D eigenvalue weighted by atomic mass is 10.2. The lowest BCUT2D eigenvalue weighted by molar-refractivity contribution is 0.756. The van der Waals surface area contributed by atoms with Crippen molar-refractivity contribution in [2.75, 3.05) is 11.1 Å². The van der Waals surface area contributed by atoms with Gasteiger partial charge in [-0.1, -0.05) is 11.6 Å². The molecule has 2 aromatic rings. The number of nitrogen functional groups attached to an aromatic ring is 1. The van der Waals surface area contributed by atoms with Gasteiger partial charge >= 0.3 is 0 Å². The van der Waals surface area contributed by atoms with E-state index in [0.29, 0.717) is 17.4 Å². The first kappa shape index (κ1) is 11.7. The highest BCUT2D eigenvalue weighted by molar-refractivity contribution is 6.35. The molecule has 0 amide bonds. The number of hydrogen-bond donors (Lipinski definition) is 2. The monoisotopic (exact) mass is 252 g/mol. The minimum atomic E-state index is 0.270. The van der Waals surface area contributed by atoms with E-state index in [1.54, 1.807) is 4.68 Å². The van der Waals surface area contributed by atoms with Crippen molar-refractivity contribution in [1.29, 1.82) is 0 Å². The summed E-state index contributed by atoms with van der Waals surface area (Å²) in [5, 5.41) is 7.70. The van der Waals surface area contributed by atoms with Gasteiger partial charge in [-0.15, -0.1) is 0 Å². The lowest BCUT2D eigenvalue weighted by Crippen LogP contribution is -2.04. The maximum atomic E-state index is 5.97. The van der Waals surface area contributed by atoms with E-state index in [0.717, 1.165) is 11.3 Å². The SMILES string of the molecule is Cc1nn(C)cc1CNc1ncnc(N)c1Cl. The third kappa shape index (κ3) is 2.47. The number of nitrogens with two attached hydrogens (primary N) is 1. The Balaban J connectivity index is 2.12. The van der Waals surface area contributed by atoms with Gasteiger partial charge in [-0.2, -0.15) is 5.10 Å². The standard InChI is InChI=1S/C10H13ClN6/c1-6-7(4-17(2)16-6)3-13-10-8(11)9(12)14-5-15-10/h4-5H,3H2,1-2H3,(H3,12,13,14,15). The second kappa shape index (κ2) is 4.58. The molecule has 0 aliphatic rings. The van der Waals surface area contributed by atoms with Gasteiger partial charge in [0.15, 0.2) is 5.82 Å². The van der Waals surface area contributed by atoms with Crippen LogP contribution < -0.4 is 11.1 Å². The molecule has 0 spiro atoms. The van der Waals surface area contributed by atoms with E-state index in [1.807, 2.05) is 20.2 Å². The average molecular weight is 253 g/mol. The van der Waals surface area contributed by atoms with Gasteiger partial charge in [-0.25, -0.2) is 9.97 Å². The van der Waals surface area contributed by atoms with Gasteiger partial charge < -0.3 is 11.1 Å². The molecule has 7 heteroatoms. The first-order valence-electron chi connectivity index (χ1n) is 5.07. The van der Waals surface area contributed by atoms with E-state index in [2.05, 4.69) is 20.4 Å². The van der Waals surface area contributed by atoms with Gasteiger partial charge in [-0.05, 0) is 6.92 Å². The number of aryl methyl sites for hydroxylation is 2. The number of nitrogens with one attached hydrogen (secondary N) is 1.